The molecular formula is C17H21N5O3. The number of carbonyl (C=O) groups excluding carboxylic acids is 1. The minimum absolute atomic E-state index is 0.0259. The van der Waals surface area contributed by atoms with E-state index in [4.69, 9.17) is 9.47 Å². The number of rotatable bonds is 5. The van der Waals surface area contributed by atoms with Crippen molar-refractivity contribution in [2.75, 3.05) is 6.79 Å². The summed E-state index contributed by atoms with van der Waals surface area (Å²) in [6, 6.07) is 5.64. The molecule has 0 spiro atoms. The first-order valence-electron chi connectivity index (χ1n) is 8.48. The largest absolute Gasteiger partial charge is 0.454 e. The summed E-state index contributed by atoms with van der Waals surface area (Å²) in [5, 5.41) is 10.5. The van der Waals surface area contributed by atoms with Crippen molar-refractivity contribution < 1.29 is 14.3 Å². The van der Waals surface area contributed by atoms with E-state index < -0.39 is 0 Å². The van der Waals surface area contributed by atoms with Gasteiger partial charge in [0.05, 0.1) is 12.6 Å². The van der Waals surface area contributed by atoms with Gasteiger partial charge in [-0.1, -0.05) is 6.07 Å². The molecule has 1 amide bonds. The molecule has 0 fully saturated rings. The monoisotopic (exact) mass is 343 g/mol. The Morgan fingerprint density at radius 2 is 2.28 bits per heavy atom. The molecule has 2 N–H and O–H groups in total. The van der Waals surface area contributed by atoms with Gasteiger partial charge in [0.2, 0.25) is 12.7 Å². The zero-order valence-corrected chi connectivity index (χ0v) is 14.1. The van der Waals surface area contributed by atoms with E-state index in [2.05, 4.69) is 20.7 Å². The van der Waals surface area contributed by atoms with Gasteiger partial charge in [0.1, 0.15) is 12.2 Å². The Bertz CT molecular complexity index is 775. The standard InChI is InChI=1S/C17H21N5O3/c1-11(21-13-3-5-16-19-9-20-22(16)8-13)17(23)18-7-12-2-4-14-15(6-12)25-10-24-14/h2,4,6,9,11,13,21H,3,5,7-8,10H2,1H3,(H,18,23)/t11-,13-/m1/s1. The smallest absolute Gasteiger partial charge is 0.237 e. The molecule has 8 heteroatoms. The maximum atomic E-state index is 12.4. The Labute approximate surface area is 145 Å². The summed E-state index contributed by atoms with van der Waals surface area (Å²) in [5.41, 5.74) is 0.981. The predicted octanol–water partition coefficient (Wildman–Crippen LogP) is 0.616. The maximum Gasteiger partial charge on any atom is 0.237 e. The third-order valence-corrected chi connectivity index (χ3v) is 4.59. The second-order valence-electron chi connectivity index (χ2n) is 6.39. The molecule has 4 rings (SSSR count). The Hall–Kier alpha value is -2.61. The number of fused-ring (bicyclic) bond motifs is 2. The summed E-state index contributed by atoms with van der Waals surface area (Å²) in [4.78, 5) is 16.6. The summed E-state index contributed by atoms with van der Waals surface area (Å²) in [5.74, 6) is 2.46. The average Bonchev–Trinajstić information content (AvgIpc) is 3.27. The first kappa shape index (κ1) is 15.9. The van der Waals surface area contributed by atoms with Crippen molar-refractivity contribution in [3.05, 3.63) is 35.9 Å². The summed E-state index contributed by atoms with van der Waals surface area (Å²) in [6.45, 7) is 3.33. The molecule has 0 unspecified atom stereocenters. The Morgan fingerprint density at radius 3 is 3.20 bits per heavy atom. The molecule has 132 valence electrons. The van der Waals surface area contributed by atoms with Crippen molar-refractivity contribution in [3.8, 4) is 11.5 Å². The van der Waals surface area contributed by atoms with Crippen LogP contribution >= 0.6 is 0 Å². The van der Waals surface area contributed by atoms with Crippen LogP contribution in [0.15, 0.2) is 24.5 Å². The molecule has 3 heterocycles. The fourth-order valence-electron chi connectivity index (χ4n) is 3.20. The van der Waals surface area contributed by atoms with E-state index in [0.29, 0.717) is 6.54 Å². The van der Waals surface area contributed by atoms with Crippen LogP contribution in [-0.4, -0.2) is 39.5 Å². The van der Waals surface area contributed by atoms with E-state index >= 15 is 0 Å². The summed E-state index contributed by atoms with van der Waals surface area (Å²) in [6.07, 6.45) is 3.42. The topological polar surface area (TPSA) is 90.3 Å². The van der Waals surface area contributed by atoms with E-state index in [1.807, 2.05) is 29.8 Å². The van der Waals surface area contributed by atoms with Gasteiger partial charge in [-0.3, -0.25) is 4.79 Å². The maximum absolute atomic E-state index is 12.4. The molecule has 0 bridgehead atoms. The molecule has 8 nitrogen and oxygen atoms in total. The second kappa shape index (κ2) is 6.72. The third kappa shape index (κ3) is 3.43. The highest BCUT2D eigenvalue weighted by atomic mass is 16.7. The Kier molecular flexibility index (Phi) is 4.27. The summed E-state index contributed by atoms with van der Waals surface area (Å²) < 4.78 is 12.5. The number of hydrogen-bond donors (Lipinski definition) is 2. The number of carbonyl (C=O) groups is 1. The number of amides is 1. The Balaban J connectivity index is 1.28. The first-order valence-corrected chi connectivity index (χ1v) is 8.48. The van der Waals surface area contributed by atoms with E-state index in [9.17, 15) is 4.79 Å². The van der Waals surface area contributed by atoms with Crippen LogP contribution in [0, 0.1) is 0 Å². The lowest BCUT2D eigenvalue weighted by atomic mass is 10.1. The van der Waals surface area contributed by atoms with Gasteiger partial charge in [0.15, 0.2) is 11.5 Å². The average molecular weight is 343 g/mol. The van der Waals surface area contributed by atoms with Crippen molar-refractivity contribution in [3.63, 3.8) is 0 Å². The lowest BCUT2D eigenvalue weighted by Crippen LogP contribution is -2.49. The molecule has 1 aromatic heterocycles. The van der Waals surface area contributed by atoms with Gasteiger partial charge in [-0.05, 0) is 31.0 Å². The van der Waals surface area contributed by atoms with Crippen LogP contribution in [0.5, 0.6) is 11.5 Å². The van der Waals surface area contributed by atoms with Crippen LogP contribution in [0.4, 0.5) is 0 Å². The van der Waals surface area contributed by atoms with Crippen molar-refractivity contribution in [1.82, 2.24) is 25.4 Å². The minimum atomic E-state index is -0.274. The van der Waals surface area contributed by atoms with Crippen molar-refractivity contribution in [1.29, 1.82) is 0 Å². The fourth-order valence-corrected chi connectivity index (χ4v) is 3.20. The molecule has 0 saturated carbocycles. The molecule has 25 heavy (non-hydrogen) atoms. The lowest BCUT2D eigenvalue weighted by Gasteiger charge is -2.26. The lowest BCUT2D eigenvalue weighted by molar-refractivity contribution is -0.123. The zero-order valence-electron chi connectivity index (χ0n) is 14.1. The zero-order chi connectivity index (χ0) is 17.2. The number of aromatic nitrogens is 3. The molecular weight excluding hydrogens is 322 g/mol. The quantitative estimate of drug-likeness (QED) is 0.827. The van der Waals surface area contributed by atoms with Crippen LogP contribution in [0.2, 0.25) is 0 Å². The minimum Gasteiger partial charge on any atom is -0.454 e. The van der Waals surface area contributed by atoms with E-state index in [1.54, 1.807) is 6.33 Å². The normalized spacial score (nSPS) is 19.3. The predicted molar refractivity (Wildman–Crippen MR) is 89.1 cm³/mol. The van der Waals surface area contributed by atoms with Gasteiger partial charge < -0.3 is 20.1 Å². The van der Waals surface area contributed by atoms with Gasteiger partial charge >= 0.3 is 0 Å². The molecule has 0 radical (unpaired) electrons. The van der Waals surface area contributed by atoms with Crippen LogP contribution in [0.1, 0.15) is 24.7 Å². The molecule has 2 aromatic rings. The van der Waals surface area contributed by atoms with Gasteiger partial charge in [-0.2, -0.15) is 5.10 Å². The van der Waals surface area contributed by atoms with Crippen molar-refractivity contribution >= 4 is 5.91 Å². The van der Waals surface area contributed by atoms with Crippen molar-refractivity contribution in [2.24, 2.45) is 0 Å². The van der Waals surface area contributed by atoms with Crippen molar-refractivity contribution in [2.45, 2.75) is 44.9 Å². The Morgan fingerprint density at radius 1 is 1.40 bits per heavy atom. The highest BCUT2D eigenvalue weighted by Gasteiger charge is 2.23. The summed E-state index contributed by atoms with van der Waals surface area (Å²) >= 11 is 0. The molecule has 2 aliphatic rings. The van der Waals surface area contributed by atoms with Crippen LogP contribution in [0.25, 0.3) is 0 Å². The van der Waals surface area contributed by atoms with Crippen LogP contribution in [0.3, 0.4) is 0 Å². The van der Waals surface area contributed by atoms with E-state index in [-0.39, 0.29) is 24.8 Å². The molecule has 0 saturated heterocycles. The second-order valence-corrected chi connectivity index (χ2v) is 6.39. The SMILES string of the molecule is C[C@@H](N[C@@H]1CCc2ncnn2C1)C(=O)NCc1ccc2c(c1)OCO2. The molecule has 2 atom stereocenters. The highest BCUT2D eigenvalue weighted by Crippen LogP contribution is 2.32. The van der Waals surface area contributed by atoms with Gasteiger partial charge in [-0.15, -0.1) is 0 Å². The van der Waals surface area contributed by atoms with Crippen LogP contribution < -0.4 is 20.1 Å². The molecule has 2 aliphatic heterocycles. The number of aryl methyl sites for hydroxylation is 1. The fraction of sp³-hybridized carbons (Fsp3) is 0.471. The number of nitrogens with one attached hydrogen (secondary N) is 2. The number of hydrogen-bond acceptors (Lipinski definition) is 6. The van der Waals surface area contributed by atoms with E-state index in [0.717, 1.165) is 42.3 Å². The summed E-state index contributed by atoms with van der Waals surface area (Å²) in [7, 11) is 0. The molecule has 1 aromatic carbocycles. The number of benzene rings is 1. The van der Waals surface area contributed by atoms with E-state index in [1.165, 1.54) is 0 Å². The molecule has 0 aliphatic carbocycles. The highest BCUT2D eigenvalue weighted by molar-refractivity contribution is 5.81. The number of nitrogens with zero attached hydrogens (tertiary/aromatic N) is 3. The first-order chi connectivity index (χ1) is 12.2. The van der Waals surface area contributed by atoms with Gasteiger partial charge in [0, 0.05) is 19.0 Å². The number of ether oxygens (including phenoxy) is 2. The van der Waals surface area contributed by atoms with Gasteiger partial charge in [-0.25, -0.2) is 9.67 Å². The third-order valence-electron chi connectivity index (χ3n) is 4.59. The van der Waals surface area contributed by atoms with Crippen LogP contribution in [-0.2, 0) is 24.3 Å². The van der Waals surface area contributed by atoms with Gasteiger partial charge in [0.25, 0.3) is 0 Å².